The summed E-state index contributed by atoms with van der Waals surface area (Å²) in [5.41, 5.74) is 3.64. The Morgan fingerprint density at radius 3 is 2.66 bits per heavy atom. The number of aryl methyl sites for hydroxylation is 1. The number of amides is 1. The number of methoxy groups -OCH3 is 1. The first-order valence-corrected chi connectivity index (χ1v) is 20.6. The number of hydrogen-bond donors (Lipinski definition) is 1. The van der Waals surface area contributed by atoms with Gasteiger partial charge in [-0.05, 0) is 132 Å². The lowest BCUT2D eigenvalue weighted by Gasteiger charge is -2.50. The number of allylic oxidation sites excluding steroid dienone is 1. The number of ether oxygens (including phenoxy) is 2. The van der Waals surface area contributed by atoms with E-state index in [1.54, 1.807) is 6.07 Å². The summed E-state index contributed by atoms with van der Waals surface area (Å²) in [7, 11) is 2.73. The summed E-state index contributed by atoms with van der Waals surface area (Å²) in [6.07, 6.45) is 15.9. The number of halogens is 1. The fraction of sp³-hybridized carbons (Fsp3) is 0.634. The number of benzene rings is 2. The van der Waals surface area contributed by atoms with Crippen molar-refractivity contribution in [3.8, 4) is 5.75 Å². The molecule has 0 radical (unpaired) electrons. The van der Waals surface area contributed by atoms with Gasteiger partial charge in [0.05, 0.1) is 17.9 Å². The first kappa shape index (κ1) is 38.8. The Morgan fingerprint density at radius 1 is 1.16 bits per heavy atom. The Morgan fingerprint density at radius 2 is 1.98 bits per heavy atom. The highest BCUT2D eigenvalue weighted by atomic mass is 35.5. The van der Waals surface area contributed by atoms with Crippen LogP contribution in [0.3, 0.4) is 0 Å². The van der Waals surface area contributed by atoms with Gasteiger partial charge in [0, 0.05) is 48.0 Å². The first-order chi connectivity index (χ1) is 24.1. The molecule has 2 heterocycles. The van der Waals surface area contributed by atoms with Crippen LogP contribution < -0.4 is 14.4 Å². The van der Waals surface area contributed by atoms with Gasteiger partial charge in [-0.15, -0.1) is 0 Å². The number of nitrogens with one attached hydrogen (secondary N) is 1. The number of carbonyl (C=O) groups is 1. The van der Waals surface area contributed by atoms with Crippen LogP contribution in [0.2, 0.25) is 5.02 Å². The second-order valence-corrected chi connectivity index (χ2v) is 17.2. The normalized spacial score (nSPS) is 24.6. The molecule has 0 spiro atoms. The van der Waals surface area contributed by atoms with Gasteiger partial charge in [-0.25, -0.2) is 4.21 Å². The van der Waals surface area contributed by atoms with Crippen molar-refractivity contribution in [3.05, 3.63) is 70.3 Å². The highest BCUT2D eigenvalue weighted by Crippen LogP contribution is 2.49. The molecular formula is C41H60ClN3O4S. The van der Waals surface area contributed by atoms with Gasteiger partial charge in [-0.2, -0.15) is 0 Å². The van der Waals surface area contributed by atoms with Crippen molar-refractivity contribution < 1.29 is 18.5 Å². The summed E-state index contributed by atoms with van der Waals surface area (Å²) in [5, 5.41) is 0.586. The fourth-order valence-corrected chi connectivity index (χ4v) is 9.10. The smallest absolute Gasteiger partial charge is 0.263 e. The van der Waals surface area contributed by atoms with Crippen molar-refractivity contribution in [2.75, 3.05) is 45.3 Å². The summed E-state index contributed by atoms with van der Waals surface area (Å²) < 4.78 is 28.4. The molecule has 0 bridgehead atoms. The zero-order valence-electron chi connectivity index (χ0n) is 31.2. The third-order valence-electron chi connectivity index (χ3n) is 11.4. The molecule has 50 heavy (non-hydrogen) atoms. The SMILES string of the molecule is CC/C=C/[C@](CCC1CCCCN1C)(OC)C1CCC1CN1CC(c2ccc(Cl)cc2CCC)COc2ccc(C(=O)NS(=O)C(C)C)cc21. The van der Waals surface area contributed by atoms with Crippen LogP contribution in [-0.4, -0.2) is 72.3 Å². The van der Waals surface area contributed by atoms with E-state index in [0.29, 0.717) is 30.0 Å². The van der Waals surface area contributed by atoms with Crippen molar-refractivity contribution in [1.82, 2.24) is 9.62 Å². The maximum Gasteiger partial charge on any atom is 0.263 e. The summed E-state index contributed by atoms with van der Waals surface area (Å²) in [4.78, 5) is 18.3. The Labute approximate surface area is 309 Å². The van der Waals surface area contributed by atoms with E-state index in [0.717, 1.165) is 74.5 Å². The lowest BCUT2D eigenvalue weighted by molar-refractivity contribution is -0.0840. The van der Waals surface area contributed by atoms with Crippen LogP contribution in [0, 0.1) is 11.8 Å². The number of rotatable bonds is 15. The van der Waals surface area contributed by atoms with Gasteiger partial charge >= 0.3 is 0 Å². The van der Waals surface area contributed by atoms with Gasteiger partial charge in [0.1, 0.15) is 16.7 Å². The quantitative estimate of drug-likeness (QED) is 0.185. The minimum absolute atomic E-state index is 0.125. The van der Waals surface area contributed by atoms with Gasteiger partial charge in [-0.3, -0.25) is 9.52 Å². The number of carbonyl (C=O) groups excluding carboxylic acids is 1. The maximum absolute atomic E-state index is 13.3. The largest absolute Gasteiger partial charge is 0.491 e. The molecule has 5 unspecified atom stereocenters. The van der Waals surface area contributed by atoms with E-state index >= 15 is 0 Å². The third-order valence-corrected chi connectivity index (χ3v) is 12.9. The van der Waals surface area contributed by atoms with Crippen molar-refractivity contribution in [3.63, 3.8) is 0 Å². The van der Waals surface area contributed by atoms with Crippen LogP contribution in [0.5, 0.6) is 5.75 Å². The lowest BCUT2D eigenvalue weighted by atomic mass is 9.62. The summed E-state index contributed by atoms with van der Waals surface area (Å²) in [5.74, 6) is 1.38. The van der Waals surface area contributed by atoms with E-state index in [9.17, 15) is 9.00 Å². The molecule has 0 aromatic heterocycles. The minimum atomic E-state index is -1.46. The van der Waals surface area contributed by atoms with Crippen LogP contribution in [0.1, 0.15) is 113 Å². The van der Waals surface area contributed by atoms with Crippen LogP contribution in [0.25, 0.3) is 0 Å². The Bertz CT molecular complexity index is 1500. The number of anilines is 1. The number of nitrogens with zero attached hydrogens (tertiary/aromatic N) is 2. The third kappa shape index (κ3) is 9.15. The zero-order valence-corrected chi connectivity index (χ0v) is 32.8. The van der Waals surface area contributed by atoms with Gasteiger partial charge in [-0.1, -0.05) is 56.5 Å². The molecule has 2 aromatic rings. The van der Waals surface area contributed by atoms with Gasteiger partial charge in [0.2, 0.25) is 0 Å². The average Bonchev–Trinajstić information content (AvgIpc) is 3.27. The van der Waals surface area contributed by atoms with Crippen molar-refractivity contribution in [2.45, 2.75) is 115 Å². The van der Waals surface area contributed by atoms with Crippen LogP contribution >= 0.6 is 11.6 Å². The second-order valence-electron chi connectivity index (χ2n) is 15.0. The predicted molar refractivity (Wildman–Crippen MR) is 208 cm³/mol. The Balaban J connectivity index is 1.47. The summed E-state index contributed by atoms with van der Waals surface area (Å²) >= 11 is 6.49. The Kier molecular flexibility index (Phi) is 13.9. The molecular weight excluding hydrogens is 666 g/mol. The average molecular weight is 726 g/mol. The molecule has 2 aliphatic heterocycles. The molecule has 1 saturated carbocycles. The van der Waals surface area contributed by atoms with Gasteiger partial charge in [0.25, 0.3) is 5.91 Å². The van der Waals surface area contributed by atoms with E-state index < -0.39 is 11.0 Å². The second kappa shape index (κ2) is 17.9. The summed E-state index contributed by atoms with van der Waals surface area (Å²) in [6.45, 7) is 11.4. The van der Waals surface area contributed by atoms with E-state index in [-0.39, 0.29) is 22.7 Å². The molecule has 9 heteroatoms. The van der Waals surface area contributed by atoms with Gasteiger partial charge < -0.3 is 19.3 Å². The standard InChI is InChI=1S/C41H60ClN3O4S/c1-7-9-21-41(48-6,22-20-35-13-10-11-23-44(35)5)37-18-14-32(37)26-45-27-33(36-17-16-34(42)24-30(36)12-8-2)28-49-39-19-15-31(25-38(39)45)40(46)43-50(47)29(3)4/h9,15-17,19,21,24-25,29,32-33,35,37H,7-8,10-14,18,20,22-23,26-28H2,1-6H3,(H,43,46)/b21-9+/t32?,33?,35?,37?,41-,50?/m1/s1. The number of piperidine rings is 1. The molecule has 2 aromatic carbocycles. The molecule has 2 fully saturated rings. The molecule has 3 aliphatic rings. The molecule has 276 valence electrons. The van der Waals surface area contributed by atoms with E-state index in [1.165, 1.54) is 36.9 Å². The van der Waals surface area contributed by atoms with Crippen molar-refractivity contribution in [1.29, 1.82) is 0 Å². The summed E-state index contributed by atoms with van der Waals surface area (Å²) in [6, 6.07) is 12.5. The lowest BCUT2D eigenvalue weighted by Crippen LogP contribution is -2.52. The van der Waals surface area contributed by atoms with E-state index in [2.05, 4.69) is 59.7 Å². The monoisotopic (exact) mass is 725 g/mol. The maximum atomic E-state index is 13.3. The number of likely N-dealkylation sites (tertiary alicyclic amines) is 1. The van der Waals surface area contributed by atoms with E-state index in [4.69, 9.17) is 21.1 Å². The number of fused-ring (bicyclic) bond motifs is 1. The van der Waals surface area contributed by atoms with E-state index in [1.807, 2.05) is 39.2 Å². The molecule has 1 aliphatic carbocycles. The minimum Gasteiger partial charge on any atom is -0.491 e. The molecule has 6 atom stereocenters. The molecule has 1 N–H and O–H groups in total. The van der Waals surface area contributed by atoms with Crippen LogP contribution in [-0.2, 0) is 22.1 Å². The van der Waals surface area contributed by atoms with Crippen LogP contribution in [0.15, 0.2) is 48.6 Å². The fourth-order valence-electron chi connectivity index (χ4n) is 8.37. The first-order valence-electron chi connectivity index (χ1n) is 19.0. The molecule has 1 amide bonds. The van der Waals surface area contributed by atoms with Crippen LogP contribution in [0.4, 0.5) is 5.69 Å². The highest BCUT2D eigenvalue weighted by molar-refractivity contribution is 7.84. The number of hydrogen-bond acceptors (Lipinski definition) is 6. The topological polar surface area (TPSA) is 71.1 Å². The van der Waals surface area contributed by atoms with Gasteiger partial charge in [0.15, 0.2) is 0 Å². The molecule has 7 nitrogen and oxygen atoms in total. The molecule has 5 rings (SSSR count). The highest BCUT2D eigenvalue weighted by Gasteiger charge is 2.47. The van der Waals surface area contributed by atoms with Crippen molar-refractivity contribution >= 4 is 34.2 Å². The van der Waals surface area contributed by atoms with Crippen molar-refractivity contribution in [2.24, 2.45) is 11.8 Å². The molecule has 1 saturated heterocycles. The Hall–Kier alpha value is -2.39. The zero-order chi connectivity index (χ0) is 35.8. The predicted octanol–water partition coefficient (Wildman–Crippen LogP) is 8.72.